The van der Waals surface area contributed by atoms with Crippen LogP contribution in [0.1, 0.15) is 11.1 Å². The summed E-state index contributed by atoms with van der Waals surface area (Å²) >= 11 is 1.50. The second-order valence-corrected chi connectivity index (χ2v) is 6.63. The van der Waals surface area contributed by atoms with Crippen LogP contribution in [-0.4, -0.2) is 16.6 Å². The van der Waals surface area contributed by atoms with Gasteiger partial charge in [-0.1, -0.05) is 29.8 Å². The maximum Gasteiger partial charge on any atom is 0.317 e. The first-order valence-electron chi connectivity index (χ1n) is 7.51. The zero-order chi connectivity index (χ0) is 16.4. The molecule has 0 aliphatic rings. The number of aromatic amines is 1. The van der Waals surface area contributed by atoms with Gasteiger partial charge in [-0.2, -0.15) is 0 Å². The van der Waals surface area contributed by atoms with Crippen molar-refractivity contribution in [2.45, 2.75) is 19.0 Å². The van der Waals surface area contributed by atoms with Gasteiger partial charge in [0.1, 0.15) is 0 Å². The maximum absolute atomic E-state index is 12.2. The molecule has 2 aromatic carbocycles. The highest BCUT2D eigenvalue weighted by Crippen LogP contribution is 2.19. The number of carbonyl (C=O) groups excluding carboxylic acids is 1. The molecule has 0 saturated heterocycles. The van der Waals surface area contributed by atoms with E-state index in [4.69, 9.17) is 0 Å². The standard InChI is InChI=1S/C18H19N3OS/c1-12-8-9-14(13(2)10-12)19-17(22)11-23-18-20-15-6-4-5-7-16(15)21(18)3/h4-10H,11H2,1-3H3,(H,19,22)/p+1. The third-order valence-electron chi connectivity index (χ3n) is 3.81. The van der Waals surface area contributed by atoms with Gasteiger partial charge in [0.2, 0.25) is 5.91 Å². The number of rotatable bonds is 4. The Morgan fingerprint density at radius 3 is 2.74 bits per heavy atom. The van der Waals surface area contributed by atoms with Crippen molar-refractivity contribution in [2.75, 3.05) is 11.1 Å². The number of benzene rings is 2. The fourth-order valence-corrected chi connectivity index (χ4v) is 3.40. The van der Waals surface area contributed by atoms with Crippen molar-refractivity contribution in [1.29, 1.82) is 0 Å². The molecular formula is C18H20N3OS+. The number of amides is 1. The normalized spacial score (nSPS) is 10.9. The lowest BCUT2D eigenvalue weighted by Crippen LogP contribution is -2.29. The summed E-state index contributed by atoms with van der Waals surface area (Å²) in [6.07, 6.45) is 0. The van der Waals surface area contributed by atoms with E-state index in [9.17, 15) is 4.79 Å². The first-order valence-corrected chi connectivity index (χ1v) is 8.50. The number of hydrogen-bond donors (Lipinski definition) is 2. The topological polar surface area (TPSA) is 48.8 Å². The molecular weight excluding hydrogens is 306 g/mol. The Kier molecular flexibility index (Phi) is 4.39. The van der Waals surface area contributed by atoms with Gasteiger partial charge in [-0.25, -0.2) is 9.55 Å². The molecule has 23 heavy (non-hydrogen) atoms. The SMILES string of the molecule is Cc1ccc(NC(=O)CSc2[nH]c3ccccc3[n+]2C)c(C)c1. The van der Waals surface area contributed by atoms with Gasteiger partial charge in [0.05, 0.1) is 12.8 Å². The van der Waals surface area contributed by atoms with Gasteiger partial charge in [-0.05, 0) is 49.4 Å². The zero-order valence-electron chi connectivity index (χ0n) is 13.5. The van der Waals surface area contributed by atoms with Crippen LogP contribution in [0, 0.1) is 13.8 Å². The molecule has 2 N–H and O–H groups in total. The summed E-state index contributed by atoms with van der Waals surface area (Å²) in [6.45, 7) is 4.05. The second-order valence-electron chi connectivity index (χ2n) is 5.66. The summed E-state index contributed by atoms with van der Waals surface area (Å²) in [4.78, 5) is 15.5. The van der Waals surface area contributed by atoms with Crippen molar-refractivity contribution >= 4 is 34.4 Å². The van der Waals surface area contributed by atoms with Crippen LogP contribution in [0.25, 0.3) is 11.0 Å². The third kappa shape index (κ3) is 3.40. The van der Waals surface area contributed by atoms with Crippen LogP contribution in [0.3, 0.4) is 0 Å². The third-order valence-corrected chi connectivity index (χ3v) is 4.86. The molecule has 1 amide bonds. The largest absolute Gasteiger partial charge is 0.325 e. The van der Waals surface area contributed by atoms with E-state index < -0.39 is 0 Å². The Balaban J connectivity index is 1.67. The maximum atomic E-state index is 12.2. The first kappa shape index (κ1) is 15.6. The van der Waals surface area contributed by atoms with E-state index in [1.165, 1.54) is 17.3 Å². The highest BCUT2D eigenvalue weighted by Gasteiger charge is 2.17. The quantitative estimate of drug-likeness (QED) is 0.571. The molecule has 0 radical (unpaired) electrons. The molecule has 0 bridgehead atoms. The Bertz CT molecular complexity index is 870. The number of fused-ring (bicyclic) bond motifs is 1. The Hall–Kier alpha value is -2.27. The minimum Gasteiger partial charge on any atom is -0.325 e. The minimum absolute atomic E-state index is 0.000564. The van der Waals surface area contributed by atoms with Gasteiger partial charge < -0.3 is 5.32 Å². The van der Waals surface area contributed by atoms with Crippen LogP contribution in [0.2, 0.25) is 0 Å². The predicted molar refractivity (Wildman–Crippen MR) is 94.7 cm³/mol. The number of hydrogen-bond acceptors (Lipinski definition) is 2. The summed E-state index contributed by atoms with van der Waals surface area (Å²) in [5, 5.41) is 3.95. The van der Waals surface area contributed by atoms with Gasteiger partial charge >= 0.3 is 5.16 Å². The van der Waals surface area contributed by atoms with Crippen molar-refractivity contribution in [3.8, 4) is 0 Å². The molecule has 3 aromatic rings. The average molecular weight is 326 g/mol. The second kappa shape index (κ2) is 6.46. The fraction of sp³-hybridized carbons (Fsp3) is 0.222. The molecule has 0 unspecified atom stereocenters. The fourth-order valence-electron chi connectivity index (χ4n) is 2.59. The molecule has 0 aliphatic carbocycles. The van der Waals surface area contributed by atoms with Crippen LogP contribution in [0.15, 0.2) is 47.6 Å². The molecule has 0 atom stereocenters. The number of thioether (sulfide) groups is 1. The molecule has 0 aliphatic heterocycles. The molecule has 5 heteroatoms. The van der Waals surface area contributed by atoms with Gasteiger partial charge in [0.25, 0.3) is 0 Å². The van der Waals surface area contributed by atoms with E-state index in [-0.39, 0.29) is 5.91 Å². The number of anilines is 1. The molecule has 1 heterocycles. The van der Waals surface area contributed by atoms with E-state index >= 15 is 0 Å². The van der Waals surface area contributed by atoms with E-state index in [0.29, 0.717) is 5.75 Å². The van der Waals surface area contributed by atoms with Crippen molar-refractivity contribution in [2.24, 2.45) is 7.05 Å². The van der Waals surface area contributed by atoms with E-state index in [1.807, 2.05) is 51.2 Å². The molecule has 0 fully saturated rings. The summed E-state index contributed by atoms with van der Waals surface area (Å²) in [5.74, 6) is 0.370. The first-order chi connectivity index (χ1) is 11.0. The Morgan fingerprint density at radius 1 is 1.22 bits per heavy atom. The molecule has 3 rings (SSSR count). The number of H-pyrrole nitrogens is 1. The highest BCUT2D eigenvalue weighted by molar-refractivity contribution is 7.99. The number of para-hydroxylation sites is 2. The average Bonchev–Trinajstić information content (AvgIpc) is 2.85. The number of nitrogens with one attached hydrogen (secondary N) is 2. The Morgan fingerprint density at radius 2 is 2.00 bits per heavy atom. The lowest BCUT2D eigenvalue weighted by molar-refractivity contribution is -0.683. The molecule has 0 spiro atoms. The van der Waals surface area contributed by atoms with Gasteiger partial charge in [0.15, 0.2) is 11.0 Å². The predicted octanol–water partition coefficient (Wildman–Crippen LogP) is 3.34. The van der Waals surface area contributed by atoms with Crippen LogP contribution in [-0.2, 0) is 11.8 Å². The van der Waals surface area contributed by atoms with Crippen molar-refractivity contribution in [3.05, 3.63) is 53.6 Å². The molecule has 4 nitrogen and oxygen atoms in total. The van der Waals surface area contributed by atoms with E-state index in [0.717, 1.165) is 27.4 Å². The summed E-state index contributed by atoms with van der Waals surface area (Å²) in [5.41, 5.74) is 5.36. The van der Waals surface area contributed by atoms with Crippen LogP contribution >= 0.6 is 11.8 Å². The molecule has 0 saturated carbocycles. The smallest absolute Gasteiger partial charge is 0.317 e. The number of aryl methyl sites for hydroxylation is 3. The number of aromatic nitrogens is 2. The highest BCUT2D eigenvalue weighted by atomic mass is 32.2. The van der Waals surface area contributed by atoms with Crippen molar-refractivity contribution in [3.63, 3.8) is 0 Å². The van der Waals surface area contributed by atoms with E-state index in [2.05, 4.69) is 27.0 Å². The van der Waals surface area contributed by atoms with Crippen LogP contribution in [0.4, 0.5) is 5.69 Å². The minimum atomic E-state index is 0.000564. The van der Waals surface area contributed by atoms with E-state index in [1.54, 1.807) is 0 Å². The lowest BCUT2D eigenvalue weighted by atomic mass is 10.1. The molecule has 1 aromatic heterocycles. The number of nitrogens with zero attached hydrogens (tertiary/aromatic N) is 1. The molecule has 118 valence electrons. The lowest BCUT2D eigenvalue weighted by Gasteiger charge is -2.08. The van der Waals surface area contributed by atoms with Crippen molar-refractivity contribution in [1.82, 2.24) is 4.98 Å². The number of imidazole rings is 1. The summed E-state index contributed by atoms with van der Waals surface area (Å²) in [6, 6.07) is 14.1. The summed E-state index contributed by atoms with van der Waals surface area (Å²) in [7, 11) is 2.00. The zero-order valence-corrected chi connectivity index (χ0v) is 14.3. The summed E-state index contributed by atoms with van der Waals surface area (Å²) < 4.78 is 2.07. The number of carbonyl (C=O) groups is 1. The van der Waals surface area contributed by atoms with Gasteiger partial charge in [0, 0.05) is 5.69 Å². The van der Waals surface area contributed by atoms with Crippen molar-refractivity contribution < 1.29 is 9.36 Å². The Labute approximate surface area is 139 Å². The van der Waals surface area contributed by atoms with Gasteiger partial charge in [-0.15, -0.1) is 0 Å². The monoisotopic (exact) mass is 326 g/mol. The van der Waals surface area contributed by atoms with Crippen LogP contribution < -0.4 is 9.88 Å². The van der Waals surface area contributed by atoms with Crippen LogP contribution in [0.5, 0.6) is 0 Å². The van der Waals surface area contributed by atoms with Gasteiger partial charge in [-0.3, -0.25) is 4.79 Å².